The van der Waals surface area contributed by atoms with Crippen LogP contribution in [0.25, 0.3) is 0 Å². The number of hydrogen-bond acceptors (Lipinski definition) is 3. The van der Waals surface area contributed by atoms with Gasteiger partial charge >= 0.3 is 0 Å². The van der Waals surface area contributed by atoms with Crippen molar-refractivity contribution in [2.75, 3.05) is 13.7 Å². The summed E-state index contributed by atoms with van der Waals surface area (Å²) in [6.45, 7) is 6.99. The summed E-state index contributed by atoms with van der Waals surface area (Å²) in [7, 11) is 1.62. The fourth-order valence-corrected chi connectivity index (χ4v) is 3.18. The maximum absolute atomic E-state index is 13.2. The van der Waals surface area contributed by atoms with Crippen molar-refractivity contribution in [3.63, 3.8) is 0 Å². The molecule has 156 valence electrons. The zero-order chi connectivity index (χ0) is 21.2. The average molecular weight is 397 g/mol. The minimum atomic E-state index is -0.517. The van der Waals surface area contributed by atoms with Crippen molar-refractivity contribution in [3.8, 4) is 5.75 Å². The van der Waals surface area contributed by atoms with E-state index in [0.717, 1.165) is 16.9 Å². The molecule has 0 saturated heterocycles. The molecule has 0 aliphatic rings. The van der Waals surface area contributed by atoms with Gasteiger partial charge in [-0.1, -0.05) is 63.2 Å². The van der Waals surface area contributed by atoms with Crippen LogP contribution in [-0.2, 0) is 22.6 Å². The SMILES string of the molecule is CCC(C(=O)NCC(C)C)N(Cc1cccc(OC)c1)C(=O)Cc1ccccc1. The largest absolute Gasteiger partial charge is 0.497 e. The van der Waals surface area contributed by atoms with Gasteiger partial charge in [-0.25, -0.2) is 0 Å². The Morgan fingerprint density at radius 1 is 1.03 bits per heavy atom. The van der Waals surface area contributed by atoms with Gasteiger partial charge in [0.1, 0.15) is 11.8 Å². The molecule has 0 aliphatic carbocycles. The van der Waals surface area contributed by atoms with Crippen LogP contribution in [0.5, 0.6) is 5.75 Å². The zero-order valence-corrected chi connectivity index (χ0v) is 17.9. The first kappa shape index (κ1) is 22.5. The highest BCUT2D eigenvalue weighted by atomic mass is 16.5. The lowest BCUT2D eigenvalue weighted by molar-refractivity contribution is -0.141. The van der Waals surface area contributed by atoms with Gasteiger partial charge in [-0.2, -0.15) is 0 Å². The van der Waals surface area contributed by atoms with E-state index >= 15 is 0 Å². The second kappa shape index (κ2) is 11.2. The highest BCUT2D eigenvalue weighted by Crippen LogP contribution is 2.18. The smallest absolute Gasteiger partial charge is 0.242 e. The zero-order valence-electron chi connectivity index (χ0n) is 17.9. The Hall–Kier alpha value is -2.82. The summed E-state index contributed by atoms with van der Waals surface area (Å²) < 4.78 is 5.31. The van der Waals surface area contributed by atoms with E-state index in [4.69, 9.17) is 4.74 Å². The molecule has 5 nitrogen and oxygen atoms in total. The van der Waals surface area contributed by atoms with E-state index in [9.17, 15) is 9.59 Å². The summed E-state index contributed by atoms with van der Waals surface area (Å²) in [5.74, 6) is 0.912. The maximum Gasteiger partial charge on any atom is 0.242 e. The van der Waals surface area contributed by atoms with E-state index in [1.54, 1.807) is 12.0 Å². The molecule has 0 saturated carbocycles. The number of methoxy groups -OCH3 is 1. The number of benzene rings is 2. The average Bonchev–Trinajstić information content (AvgIpc) is 2.72. The lowest BCUT2D eigenvalue weighted by atomic mass is 10.1. The van der Waals surface area contributed by atoms with Gasteiger partial charge in [-0.15, -0.1) is 0 Å². The van der Waals surface area contributed by atoms with Gasteiger partial charge in [0.2, 0.25) is 11.8 Å². The van der Waals surface area contributed by atoms with Crippen molar-refractivity contribution in [1.82, 2.24) is 10.2 Å². The number of hydrogen-bond donors (Lipinski definition) is 1. The molecular weight excluding hydrogens is 364 g/mol. The molecule has 0 aromatic heterocycles. The molecule has 2 amide bonds. The van der Waals surface area contributed by atoms with E-state index in [2.05, 4.69) is 19.2 Å². The van der Waals surface area contributed by atoms with Gasteiger partial charge in [0.15, 0.2) is 0 Å². The van der Waals surface area contributed by atoms with Crippen LogP contribution in [0.4, 0.5) is 0 Å². The van der Waals surface area contributed by atoms with Crippen LogP contribution >= 0.6 is 0 Å². The third-order valence-corrected chi connectivity index (χ3v) is 4.76. The van der Waals surface area contributed by atoms with Crippen molar-refractivity contribution in [2.45, 2.75) is 46.2 Å². The summed E-state index contributed by atoms with van der Waals surface area (Å²) in [5, 5.41) is 2.98. The molecule has 2 rings (SSSR count). The number of nitrogens with zero attached hydrogens (tertiary/aromatic N) is 1. The van der Waals surface area contributed by atoms with Crippen molar-refractivity contribution in [1.29, 1.82) is 0 Å². The summed E-state index contributed by atoms with van der Waals surface area (Å²) in [4.78, 5) is 27.8. The first-order valence-electron chi connectivity index (χ1n) is 10.2. The van der Waals surface area contributed by atoms with Crippen LogP contribution in [0.1, 0.15) is 38.3 Å². The number of ether oxygens (including phenoxy) is 1. The normalized spacial score (nSPS) is 11.8. The predicted molar refractivity (Wildman–Crippen MR) is 116 cm³/mol. The van der Waals surface area contributed by atoms with Gasteiger partial charge < -0.3 is 15.0 Å². The summed E-state index contributed by atoms with van der Waals surface area (Å²) in [6.07, 6.45) is 0.813. The van der Waals surface area contributed by atoms with E-state index in [-0.39, 0.29) is 18.2 Å². The maximum atomic E-state index is 13.2. The summed E-state index contributed by atoms with van der Waals surface area (Å²) >= 11 is 0. The standard InChI is InChI=1S/C24H32N2O3/c1-5-22(24(28)25-16-18(2)3)26(17-20-12-9-13-21(14-20)29-4)23(27)15-19-10-7-6-8-11-19/h6-14,18,22H,5,15-17H2,1-4H3,(H,25,28). The lowest BCUT2D eigenvalue weighted by Gasteiger charge is -2.31. The minimum absolute atomic E-state index is 0.0643. The lowest BCUT2D eigenvalue weighted by Crippen LogP contribution is -2.50. The van der Waals surface area contributed by atoms with E-state index < -0.39 is 6.04 Å². The van der Waals surface area contributed by atoms with Crippen LogP contribution in [0.15, 0.2) is 54.6 Å². The minimum Gasteiger partial charge on any atom is -0.497 e. The van der Waals surface area contributed by atoms with Crippen molar-refractivity contribution in [3.05, 3.63) is 65.7 Å². The van der Waals surface area contributed by atoms with Crippen molar-refractivity contribution in [2.24, 2.45) is 5.92 Å². The predicted octanol–water partition coefficient (Wildman–Crippen LogP) is 3.82. The highest BCUT2D eigenvalue weighted by Gasteiger charge is 2.28. The monoisotopic (exact) mass is 396 g/mol. The number of amides is 2. The number of carbonyl (C=O) groups is 2. The molecule has 5 heteroatoms. The Morgan fingerprint density at radius 3 is 2.34 bits per heavy atom. The van der Waals surface area contributed by atoms with E-state index in [0.29, 0.717) is 25.4 Å². The van der Waals surface area contributed by atoms with Gasteiger partial charge in [-0.3, -0.25) is 9.59 Å². The number of nitrogens with one attached hydrogen (secondary N) is 1. The fourth-order valence-electron chi connectivity index (χ4n) is 3.18. The quantitative estimate of drug-likeness (QED) is 0.664. The van der Waals surface area contributed by atoms with Gasteiger partial charge in [-0.05, 0) is 35.6 Å². The van der Waals surface area contributed by atoms with Crippen LogP contribution < -0.4 is 10.1 Å². The second-order valence-corrected chi connectivity index (χ2v) is 7.60. The molecule has 2 aromatic rings. The van der Waals surface area contributed by atoms with Gasteiger partial charge in [0.25, 0.3) is 0 Å². The Labute approximate surface area is 174 Å². The number of rotatable bonds is 10. The third-order valence-electron chi connectivity index (χ3n) is 4.76. The van der Waals surface area contributed by atoms with Crippen LogP contribution in [0.2, 0.25) is 0 Å². The Balaban J connectivity index is 2.26. The third kappa shape index (κ3) is 6.93. The van der Waals surface area contributed by atoms with E-state index in [1.165, 1.54) is 0 Å². The molecule has 0 aliphatic heterocycles. The molecule has 0 bridgehead atoms. The van der Waals surface area contributed by atoms with Crippen LogP contribution in [0.3, 0.4) is 0 Å². The molecule has 29 heavy (non-hydrogen) atoms. The van der Waals surface area contributed by atoms with Crippen LogP contribution in [-0.4, -0.2) is 36.4 Å². The Morgan fingerprint density at radius 2 is 1.72 bits per heavy atom. The van der Waals surface area contributed by atoms with Gasteiger partial charge in [0, 0.05) is 13.1 Å². The topological polar surface area (TPSA) is 58.6 Å². The van der Waals surface area contributed by atoms with E-state index in [1.807, 2.05) is 61.5 Å². The van der Waals surface area contributed by atoms with Crippen molar-refractivity contribution < 1.29 is 14.3 Å². The molecule has 0 fully saturated rings. The first-order chi connectivity index (χ1) is 13.9. The molecule has 1 unspecified atom stereocenters. The fraction of sp³-hybridized carbons (Fsp3) is 0.417. The first-order valence-corrected chi connectivity index (χ1v) is 10.2. The molecule has 1 N–H and O–H groups in total. The second-order valence-electron chi connectivity index (χ2n) is 7.60. The molecular formula is C24H32N2O3. The number of carbonyl (C=O) groups excluding carboxylic acids is 2. The molecule has 2 aromatic carbocycles. The summed E-state index contributed by atoms with van der Waals surface area (Å²) in [6, 6.07) is 16.7. The van der Waals surface area contributed by atoms with Gasteiger partial charge in [0.05, 0.1) is 13.5 Å². The molecule has 0 heterocycles. The molecule has 0 radical (unpaired) electrons. The molecule has 0 spiro atoms. The summed E-state index contributed by atoms with van der Waals surface area (Å²) in [5.41, 5.74) is 1.87. The Bertz CT molecular complexity index is 790. The highest BCUT2D eigenvalue weighted by molar-refractivity contribution is 5.88. The Kier molecular flexibility index (Phi) is 8.71. The molecule has 1 atom stereocenters. The van der Waals surface area contributed by atoms with Crippen LogP contribution in [0, 0.1) is 5.92 Å². The van der Waals surface area contributed by atoms with Crippen molar-refractivity contribution >= 4 is 11.8 Å².